The Morgan fingerprint density at radius 2 is 2.18 bits per heavy atom. The number of aromatic amines is 1. The van der Waals surface area contributed by atoms with Gasteiger partial charge < -0.3 is 10.7 Å². The summed E-state index contributed by atoms with van der Waals surface area (Å²) in [5.74, 6) is 0. The van der Waals surface area contributed by atoms with Crippen LogP contribution in [0.1, 0.15) is 30.5 Å². The average molecular weight is 293 g/mol. The van der Waals surface area contributed by atoms with Crippen molar-refractivity contribution in [3.8, 4) is 0 Å². The SMILES string of the molecule is Cc1[nH]c2cc(Br)ccc2c1CCC1(N)CC1. The molecule has 3 rings (SSSR count). The number of aromatic nitrogens is 1. The highest BCUT2D eigenvalue weighted by atomic mass is 79.9. The van der Waals surface area contributed by atoms with E-state index in [9.17, 15) is 0 Å². The second-order valence-corrected chi connectivity index (χ2v) is 6.20. The smallest absolute Gasteiger partial charge is 0.0470 e. The van der Waals surface area contributed by atoms with Crippen LogP contribution in [0.15, 0.2) is 22.7 Å². The summed E-state index contributed by atoms with van der Waals surface area (Å²) >= 11 is 3.51. The lowest BCUT2D eigenvalue weighted by molar-refractivity contribution is 0.609. The first kappa shape index (κ1) is 11.3. The molecule has 1 saturated carbocycles. The zero-order chi connectivity index (χ0) is 12.0. The van der Waals surface area contributed by atoms with Gasteiger partial charge in [-0.2, -0.15) is 0 Å². The number of hydrogen-bond donors (Lipinski definition) is 2. The number of hydrogen-bond acceptors (Lipinski definition) is 1. The molecular formula is C14H17BrN2. The van der Waals surface area contributed by atoms with Crippen LogP contribution in [-0.2, 0) is 6.42 Å². The van der Waals surface area contributed by atoms with Crippen LogP contribution in [-0.4, -0.2) is 10.5 Å². The first-order valence-electron chi connectivity index (χ1n) is 6.13. The Morgan fingerprint density at radius 1 is 1.41 bits per heavy atom. The maximum Gasteiger partial charge on any atom is 0.0470 e. The summed E-state index contributed by atoms with van der Waals surface area (Å²) in [7, 11) is 0. The van der Waals surface area contributed by atoms with Crippen molar-refractivity contribution in [2.24, 2.45) is 5.73 Å². The minimum atomic E-state index is 0.144. The molecule has 0 saturated heterocycles. The maximum atomic E-state index is 6.16. The zero-order valence-electron chi connectivity index (χ0n) is 10.0. The molecule has 2 nitrogen and oxygen atoms in total. The Labute approximate surface area is 110 Å². The third-order valence-corrected chi connectivity index (χ3v) is 4.34. The van der Waals surface area contributed by atoms with E-state index in [1.165, 1.54) is 35.0 Å². The fourth-order valence-electron chi connectivity index (χ4n) is 2.47. The average Bonchev–Trinajstić information content (AvgIpc) is 2.91. The van der Waals surface area contributed by atoms with E-state index in [1.54, 1.807) is 0 Å². The molecule has 1 aromatic carbocycles. The second kappa shape index (κ2) is 3.85. The first-order chi connectivity index (χ1) is 8.07. The minimum absolute atomic E-state index is 0.144. The molecule has 17 heavy (non-hydrogen) atoms. The summed E-state index contributed by atoms with van der Waals surface area (Å²) in [6.07, 6.45) is 4.58. The molecule has 90 valence electrons. The van der Waals surface area contributed by atoms with Crippen LogP contribution in [0.3, 0.4) is 0 Å². The van der Waals surface area contributed by atoms with E-state index in [2.05, 4.69) is 46.0 Å². The van der Waals surface area contributed by atoms with Gasteiger partial charge in [0.15, 0.2) is 0 Å². The van der Waals surface area contributed by atoms with E-state index in [4.69, 9.17) is 5.73 Å². The van der Waals surface area contributed by atoms with Crippen LogP contribution in [0.4, 0.5) is 0 Å². The molecule has 0 spiro atoms. The van der Waals surface area contributed by atoms with Gasteiger partial charge in [0.25, 0.3) is 0 Å². The fraction of sp³-hybridized carbons (Fsp3) is 0.429. The Morgan fingerprint density at radius 3 is 2.88 bits per heavy atom. The van der Waals surface area contributed by atoms with Crippen LogP contribution in [0.25, 0.3) is 10.9 Å². The predicted molar refractivity (Wildman–Crippen MR) is 75.2 cm³/mol. The molecule has 0 radical (unpaired) electrons. The summed E-state index contributed by atoms with van der Waals surface area (Å²) in [5, 5.41) is 1.34. The second-order valence-electron chi connectivity index (χ2n) is 5.28. The molecule has 1 aliphatic rings. The van der Waals surface area contributed by atoms with Crippen LogP contribution in [0, 0.1) is 6.92 Å². The van der Waals surface area contributed by atoms with E-state index < -0.39 is 0 Å². The number of nitrogens with one attached hydrogen (secondary N) is 1. The van der Waals surface area contributed by atoms with E-state index in [0.29, 0.717) is 0 Å². The summed E-state index contributed by atoms with van der Waals surface area (Å²) in [6, 6.07) is 6.43. The highest BCUT2D eigenvalue weighted by molar-refractivity contribution is 9.10. The molecule has 1 fully saturated rings. The van der Waals surface area contributed by atoms with Crippen molar-refractivity contribution in [1.29, 1.82) is 0 Å². The van der Waals surface area contributed by atoms with Gasteiger partial charge in [-0.3, -0.25) is 0 Å². The first-order valence-corrected chi connectivity index (χ1v) is 6.92. The van der Waals surface area contributed by atoms with E-state index in [1.807, 2.05) is 0 Å². The third-order valence-electron chi connectivity index (χ3n) is 3.85. The molecule has 0 aliphatic heterocycles. The normalized spacial score (nSPS) is 17.6. The lowest BCUT2D eigenvalue weighted by Crippen LogP contribution is -2.22. The molecule has 1 heterocycles. The number of fused-ring (bicyclic) bond motifs is 1. The molecule has 1 aliphatic carbocycles. The number of H-pyrrole nitrogens is 1. The summed E-state index contributed by atoms with van der Waals surface area (Å²) < 4.78 is 1.12. The van der Waals surface area contributed by atoms with Gasteiger partial charge in [-0.15, -0.1) is 0 Å². The topological polar surface area (TPSA) is 41.8 Å². The minimum Gasteiger partial charge on any atom is -0.358 e. The van der Waals surface area contributed by atoms with Crippen LogP contribution >= 0.6 is 15.9 Å². The molecular weight excluding hydrogens is 276 g/mol. The highest BCUT2D eigenvalue weighted by Gasteiger charge is 2.37. The van der Waals surface area contributed by atoms with Crippen molar-refractivity contribution in [1.82, 2.24) is 4.98 Å². The Kier molecular flexibility index (Phi) is 2.56. The van der Waals surface area contributed by atoms with E-state index in [0.717, 1.165) is 17.3 Å². The van der Waals surface area contributed by atoms with Crippen molar-refractivity contribution in [3.05, 3.63) is 33.9 Å². The van der Waals surface area contributed by atoms with Gasteiger partial charge in [0, 0.05) is 26.6 Å². The molecule has 0 atom stereocenters. The monoisotopic (exact) mass is 292 g/mol. The summed E-state index contributed by atoms with van der Waals surface area (Å²) in [5.41, 5.74) is 10.2. The third kappa shape index (κ3) is 2.14. The van der Waals surface area contributed by atoms with Crippen molar-refractivity contribution < 1.29 is 0 Å². The molecule has 0 bridgehead atoms. The van der Waals surface area contributed by atoms with Gasteiger partial charge in [-0.1, -0.05) is 22.0 Å². The van der Waals surface area contributed by atoms with Crippen molar-refractivity contribution in [2.75, 3.05) is 0 Å². The van der Waals surface area contributed by atoms with Gasteiger partial charge in [0.05, 0.1) is 0 Å². The number of benzene rings is 1. The fourth-order valence-corrected chi connectivity index (χ4v) is 2.83. The number of halogens is 1. The number of aryl methyl sites for hydroxylation is 2. The largest absolute Gasteiger partial charge is 0.358 e. The van der Waals surface area contributed by atoms with E-state index >= 15 is 0 Å². The van der Waals surface area contributed by atoms with Crippen molar-refractivity contribution in [3.63, 3.8) is 0 Å². The Balaban J connectivity index is 1.94. The van der Waals surface area contributed by atoms with Crippen LogP contribution in [0.2, 0.25) is 0 Å². The number of nitrogens with two attached hydrogens (primary N) is 1. The molecule has 3 heteroatoms. The van der Waals surface area contributed by atoms with Crippen molar-refractivity contribution in [2.45, 2.75) is 38.1 Å². The lowest BCUT2D eigenvalue weighted by atomic mass is 10.0. The standard InChI is InChI=1S/C14H17BrN2/c1-9-11(4-5-14(16)6-7-14)12-3-2-10(15)8-13(12)17-9/h2-3,8,17H,4-7,16H2,1H3. The zero-order valence-corrected chi connectivity index (χ0v) is 11.6. The van der Waals surface area contributed by atoms with Gasteiger partial charge in [-0.05, 0) is 50.3 Å². The highest BCUT2D eigenvalue weighted by Crippen LogP contribution is 2.37. The summed E-state index contributed by atoms with van der Waals surface area (Å²) in [6.45, 7) is 2.15. The maximum absolute atomic E-state index is 6.16. The van der Waals surface area contributed by atoms with Gasteiger partial charge in [0.1, 0.15) is 0 Å². The van der Waals surface area contributed by atoms with Gasteiger partial charge in [0.2, 0.25) is 0 Å². The van der Waals surface area contributed by atoms with Gasteiger partial charge in [-0.25, -0.2) is 0 Å². The number of rotatable bonds is 3. The van der Waals surface area contributed by atoms with E-state index in [-0.39, 0.29) is 5.54 Å². The van der Waals surface area contributed by atoms with Crippen LogP contribution < -0.4 is 5.73 Å². The lowest BCUT2D eigenvalue weighted by Gasteiger charge is -2.08. The molecule has 1 aromatic heterocycles. The predicted octanol–water partition coefficient (Wildman–Crippen LogP) is 3.66. The quantitative estimate of drug-likeness (QED) is 0.891. The molecule has 0 unspecified atom stereocenters. The van der Waals surface area contributed by atoms with Gasteiger partial charge >= 0.3 is 0 Å². The van der Waals surface area contributed by atoms with Crippen LogP contribution in [0.5, 0.6) is 0 Å². The summed E-state index contributed by atoms with van der Waals surface area (Å²) in [4.78, 5) is 3.45. The Bertz CT molecular complexity index is 567. The Hall–Kier alpha value is -0.800. The van der Waals surface area contributed by atoms with Crippen molar-refractivity contribution >= 4 is 26.8 Å². The molecule has 0 amide bonds. The molecule has 2 aromatic rings. The molecule has 3 N–H and O–H groups in total.